The van der Waals surface area contributed by atoms with Crippen LogP contribution in [0.2, 0.25) is 0 Å². The Morgan fingerprint density at radius 3 is 2.54 bits per heavy atom. The van der Waals surface area contributed by atoms with Crippen molar-refractivity contribution in [1.82, 2.24) is 0 Å². The van der Waals surface area contributed by atoms with Crippen LogP contribution in [0, 0.1) is 0 Å². The zero-order valence-electron chi connectivity index (χ0n) is 7.53. The molecule has 0 fully saturated rings. The molecule has 1 aliphatic rings. The summed E-state index contributed by atoms with van der Waals surface area (Å²) in [6.45, 7) is 0. The van der Waals surface area contributed by atoms with Gasteiger partial charge in [0.15, 0.2) is 0 Å². The molecule has 0 unspecified atom stereocenters. The van der Waals surface area contributed by atoms with Crippen LogP contribution in [0.4, 0.5) is 0 Å². The van der Waals surface area contributed by atoms with Gasteiger partial charge in [0, 0.05) is 5.70 Å². The fourth-order valence-electron chi connectivity index (χ4n) is 1.63. The summed E-state index contributed by atoms with van der Waals surface area (Å²) < 4.78 is 0. The number of rotatable bonds is 1. The number of hydrogen-bond acceptors (Lipinski definition) is 1. The summed E-state index contributed by atoms with van der Waals surface area (Å²) in [5.74, 6) is 0. The van der Waals surface area contributed by atoms with Crippen molar-refractivity contribution in [2.45, 2.75) is 12.8 Å². The highest BCUT2D eigenvalue weighted by Crippen LogP contribution is 2.25. The highest BCUT2D eigenvalue weighted by atomic mass is 14.6. The third-order valence-corrected chi connectivity index (χ3v) is 2.33. The summed E-state index contributed by atoms with van der Waals surface area (Å²) >= 11 is 0. The minimum Gasteiger partial charge on any atom is -0.398 e. The van der Waals surface area contributed by atoms with Crippen molar-refractivity contribution < 1.29 is 0 Å². The fraction of sp³-hybridized carbons (Fsp3) is 0.167. The average Bonchev–Trinajstić information content (AvgIpc) is 2.20. The van der Waals surface area contributed by atoms with Gasteiger partial charge in [-0.3, -0.25) is 0 Å². The first kappa shape index (κ1) is 8.11. The molecule has 0 spiro atoms. The van der Waals surface area contributed by atoms with Crippen LogP contribution in [0.25, 0.3) is 5.57 Å². The second-order valence-electron chi connectivity index (χ2n) is 3.24. The summed E-state index contributed by atoms with van der Waals surface area (Å²) in [6.07, 6.45) is 6.30. The molecule has 0 amide bonds. The molecule has 1 aromatic rings. The van der Waals surface area contributed by atoms with E-state index in [9.17, 15) is 0 Å². The Morgan fingerprint density at radius 1 is 1.08 bits per heavy atom. The second-order valence-corrected chi connectivity index (χ2v) is 3.24. The quantitative estimate of drug-likeness (QED) is 0.690. The topological polar surface area (TPSA) is 26.0 Å². The summed E-state index contributed by atoms with van der Waals surface area (Å²) in [5, 5.41) is 0. The predicted octanol–water partition coefficient (Wildman–Crippen LogP) is 2.71. The van der Waals surface area contributed by atoms with E-state index in [0.29, 0.717) is 0 Å². The van der Waals surface area contributed by atoms with E-state index in [4.69, 9.17) is 5.73 Å². The van der Waals surface area contributed by atoms with Gasteiger partial charge in [-0.15, -0.1) is 0 Å². The maximum Gasteiger partial charge on any atom is 0.0349 e. The molecule has 0 heterocycles. The van der Waals surface area contributed by atoms with Gasteiger partial charge in [0.25, 0.3) is 0 Å². The molecule has 0 saturated heterocycles. The minimum atomic E-state index is 0.914. The van der Waals surface area contributed by atoms with Crippen LogP contribution in [0.1, 0.15) is 18.4 Å². The number of nitrogens with two attached hydrogens (primary N) is 1. The Hall–Kier alpha value is -1.50. The third kappa shape index (κ3) is 1.64. The molecule has 0 atom stereocenters. The zero-order valence-corrected chi connectivity index (χ0v) is 7.53. The minimum absolute atomic E-state index is 0.914. The van der Waals surface area contributed by atoms with Crippen LogP contribution in [0.5, 0.6) is 0 Å². The van der Waals surface area contributed by atoms with E-state index in [1.165, 1.54) is 11.1 Å². The highest BCUT2D eigenvalue weighted by molar-refractivity contribution is 5.71. The molecule has 0 aliphatic heterocycles. The molecular formula is C12H13N. The van der Waals surface area contributed by atoms with Crippen LogP contribution >= 0.6 is 0 Å². The Morgan fingerprint density at radius 2 is 1.85 bits per heavy atom. The van der Waals surface area contributed by atoms with E-state index in [1.807, 2.05) is 24.3 Å². The summed E-state index contributed by atoms with van der Waals surface area (Å²) in [4.78, 5) is 0. The predicted molar refractivity (Wildman–Crippen MR) is 55.9 cm³/mol. The van der Waals surface area contributed by atoms with E-state index >= 15 is 0 Å². The molecule has 2 N–H and O–H groups in total. The van der Waals surface area contributed by atoms with Crippen LogP contribution in [-0.2, 0) is 0 Å². The zero-order chi connectivity index (χ0) is 9.10. The van der Waals surface area contributed by atoms with E-state index in [1.54, 1.807) is 0 Å². The maximum atomic E-state index is 5.90. The lowest BCUT2D eigenvalue weighted by atomic mass is 9.95. The molecule has 1 heteroatoms. The van der Waals surface area contributed by atoms with E-state index in [0.717, 1.165) is 18.5 Å². The van der Waals surface area contributed by atoms with Crippen molar-refractivity contribution >= 4 is 5.57 Å². The molecular weight excluding hydrogens is 158 g/mol. The van der Waals surface area contributed by atoms with Gasteiger partial charge < -0.3 is 5.73 Å². The van der Waals surface area contributed by atoms with Crippen molar-refractivity contribution in [2.75, 3.05) is 0 Å². The smallest absolute Gasteiger partial charge is 0.0349 e. The lowest BCUT2D eigenvalue weighted by Crippen LogP contribution is -2.02. The van der Waals surface area contributed by atoms with Gasteiger partial charge >= 0.3 is 0 Å². The summed E-state index contributed by atoms with van der Waals surface area (Å²) in [5.41, 5.74) is 9.35. The second kappa shape index (κ2) is 3.48. The largest absolute Gasteiger partial charge is 0.398 e. The van der Waals surface area contributed by atoms with E-state index in [2.05, 4.69) is 18.2 Å². The van der Waals surface area contributed by atoms with Crippen LogP contribution in [-0.4, -0.2) is 0 Å². The van der Waals surface area contributed by atoms with Gasteiger partial charge in [-0.1, -0.05) is 36.4 Å². The van der Waals surface area contributed by atoms with Crippen molar-refractivity contribution in [3.63, 3.8) is 0 Å². The van der Waals surface area contributed by atoms with Crippen LogP contribution < -0.4 is 5.73 Å². The molecule has 1 aliphatic carbocycles. The monoisotopic (exact) mass is 171 g/mol. The SMILES string of the molecule is NC1=C(c2ccccc2)CCC=C1. The van der Waals surface area contributed by atoms with Crippen LogP contribution in [0.15, 0.2) is 48.2 Å². The van der Waals surface area contributed by atoms with E-state index in [-0.39, 0.29) is 0 Å². The fourth-order valence-corrected chi connectivity index (χ4v) is 1.63. The first-order valence-corrected chi connectivity index (χ1v) is 4.58. The molecule has 0 radical (unpaired) electrons. The molecule has 66 valence electrons. The van der Waals surface area contributed by atoms with Crippen molar-refractivity contribution in [3.8, 4) is 0 Å². The summed E-state index contributed by atoms with van der Waals surface area (Å²) in [7, 11) is 0. The molecule has 1 aromatic carbocycles. The normalized spacial score (nSPS) is 16.3. The van der Waals surface area contributed by atoms with Gasteiger partial charge in [0.1, 0.15) is 0 Å². The third-order valence-electron chi connectivity index (χ3n) is 2.33. The lowest BCUT2D eigenvalue weighted by molar-refractivity contribution is 1.03. The molecule has 0 bridgehead atoms. The number of hydrogen-bond donors (Lipinski definition) is 1. The van der Waals surface area contributed by atoms with Crippen molar-refractivity contribution in [2.24, 2.45) is 5.73 Å². The summed E-state index contributed by atoms with van der Waals surface area (Å²) in [6, 6.07) is 10.4. The molecule has 0 aromatic heterocycles. The van der Waals surface area contributed by atoms with Crippen molar-refractivity contribution in [3.05, 3.63) is 53.7 Å². The first-order valence-electron chi connectivity index (χ1n) is 4.58. The standard InChI is InChI=1S/C12H13N/c13-12-9-5-4-8-11(12)10-6-2-1-3-7-10/h1-3,5-7,9H,4,8,13H2. The molecule has 1 nitrogen and oxygen atoms in total. The lowest BCUT2D eigenvalue weighted by Gasteiger charge is -2.12. The van der Waals surface area contributed by atoms with Gasteiger partial charge in [0.2, 0.25) is 0 Å². The Bertz CT molecular complexity index is 347. The van der Waals surface area contributed by atoms with Crippen molar-refractivity contribution in [1.29, 1.82) is 0 Å². The number of benzene rings is 1. The van der Waals surface area contributed by atoms with Gasteiger partial charge in [-0.05, 0) is 30.1 Å². The average molecular weight is 171 g/mol. The molecule has 13 heavy (non-hydrogen) atoms. The Labute approximate surface area is 78.6 Å². The van der Waals surface area contributed by atoms with Gasteiger partial charge in [0.05, 0.1) is 0 Å². The maximum absolute atomic E-state index is 5.90. The number of allylic oxidation sites excluding steroid dienone is 3. The highest BCUT2D eigenvalue weighted by Gasteiger charge is 2.06. The van der Waals surface area contributed by atoms with E-state index < -0.39 is 0 Å². The van der Waals surface area contributed by atoms with Gasteiger partial charge in [-0.2, -0.15) is 0 Å². The Balaban J connectivity index is 2.41. The first-order chi connectivity index (χ1) is 6.38. The van der Waals surface area contributed by atoms with Crippen LogP contribution in [0.3, 0.4) is 0 Å². The van der Waals surface area contributed by atoms with Gasteiger partial charge in [-0.25, -0.2) is 0 Å². The Kier molecular flexibility index (Phi) is 2.17. The molecule has 2 rings (SSSR count). The molecule has 0 saturated carbocycles.